The Balaban J connectivity index is 1.64. The predicted molar refractivity (Wildman–Crippen MR) is 107 cm³/mol. The lowest BCUT2D eigenvalue weighted by Crippen LogP contribution is -2.40. The van der Waals surface area contributed by atoms with Crippen LogP contribution in [-0.4, -0.2) is 45.2 Å². The van der Waals surface area contributed by atoms with Gasteiger partial charge in [-0.05, 0) is 51.7 Å². The molecule has 2 fully saturated rings. The van der Waals surface area contributed by atoms with E-state index in [1.807, 2.05) is 13.0 Å². The number of nitrogens with zero attached hydrogens (tertiary/aromatic N) is 5. The minimum atomic E-state index is -0.111. The number of esters is 1. The van der Waals surface area contributed by atoms with Crippen molar-refractivity contribution < 1.29 is 9.53 Å². The van der Waals surface area contributed by atoms with E-state index in [1.54, 1.807) is 0 Å². The molecule has 2 aliphatic rings. The minimum absolute atomic E-state index is 0.106. The Morgan fingerprint density at radius 1 is 1.25 bits per heavy atom. The molecule has 0 spiro atoms. The summed E-state index contributed by atoms with van der Waals surface area (Å²) in [6.07, 6.45) is 4.11. The molecule has 1 aliphatic carbocycles. The molecule has 0 bridgehead atoms. The van der Waals surface area contributed by atoms with E-state index in [9.17, 15) is 4.79 Å². The van der Waals surface area contributed by atoms with E-state index in [0.717, 1.165) is 60.6 Å². The first-order valence-corrected chi connectivity index (χ1v) is 10.2. The molecule has 0 amide bonds. The second-order valence-electron chi connectivity index (χ2n) is 7.96. The number of piperidine rings is 1. The number of benzene rings is 1. The van der Waals surface area contributed by atoms with Crippen LogP contribution in [0.4, 0.5) is 5.95 Å². The number of hydrogen-bond acceptors (Lipinski definition) is 6. The standard InChI is InChI=1S/C21H25N5O2/c1-3-28-20(27)15-5-4-10-25(12-15)21-22-17-9-6-13(2)11-16(17)19-24-23-18(26(19)21)14-7-8-14/h6,9,11,14-15H,3-5,7-8,10,12H2,1-2H3. The minimum Gasteiger partial charge on any atom is -0.466 e. The predicted octanol–water partition coefficient (Wildman–Crippen LogP) is 3.24. The third-order valence-corrected chi connectivity index (χ3v) is 5.77. The van der Waals surface area contributed by atoms with Crippen LogP contribution in [-0.2, 0) is 9.53 Å². The Morgan fingerprint density at radius 3 is 2.89 bits per heavy atom. The maximum Gasteiger partial charge on any atom is 0.310 e. The van der Waals surface area contributed by atoms with E-state index in [1.165, 1.54) is 5.56 Å². The average Bonchev–Trinajstić information content (AvgIpc) is 3.46. The molecular weight excluding hydrogens is 354 g/mol. The molecule has 7 nitrogen and oxygen atoms in total. The third kappa shape index (κ3) is 2.89. The van der Waals surface area contributed by atoms with Gasteiger partial charge in [0, 0.05) is 24.4 Å². The zero-order chi connectivity index (χ0) is 19.3. The van der Waals surface area contributed by atoms with Crippen molar-refractivity contribution in [3.8, 4) is 0 Å². The number of rotatable bonds is 4. The van der Waals surface area contributed by atoms with Crippen molar-refractivity contribution in [3.05, 3.63) is 29.6 Å². The highest BCUT2D eigenvalue weighted by Gasteiger charge is 2.33. The summed E-state index contributed by atoms with van der Waals surface area (Å²) < 4.78 is 7.41. The topological polar surface area (TPSA) is 72.6 Å². The van der Waals surface area contributed by atoms with Gasteiger partial charge in [0.05, 0.1) is 18.0 Å². The Labute approximate surface area is 163 Å². The molecule has 3 heterocycles. The SMILES string of the molecule is CCOC(=O)C1CCCN(c2nc3ccc(C)cc3c3nnc(C4CC4)n23)C1. The number of carbonyl (C=O) groups is 1. The summed E-state index contributed by atoms with van der Waals surface area (Å²) in [5.41, 5.74) is 2.96. The molecule has 1 aromatic carbocycles. The second-order valence-corrected chi connectivity index (χ2v) is 7.96. The van der Waals surface area contributed by atoms with E-state index in [2.05, 4.69) is 38.6 Å². The van der Waals surface area contributed by atoms with Gasteiger partial charge in [-0.2, -0.15) is 0 Å². The molecule has 7 heteroatoms. The summed E-state index contributed by atoms with van der Waals surface area (Å²) in [5, 5.41) is 10.1. The zero-order valence-corrected chi connectivity index (χ0v) is 16.4. The van der Waals surface area contributed by atoms with Gasteiger partial charge in [0.1, 0.15) is 5.82 Å². The molecule has 1 saturated carbocycles. The highest BCUT2D eigenvalue weighted by atomic mass is 16.5. The van der Waals surface area contributed by atoms with Crippen LogP contribution >= 0.6 is 0 Å². The molecule has 3 aromatic rings. The molecule has 1 saturated heterocycles. The van der Waals surface area contributed by atoms with Gasteiger partial charge in [0.25, 0.3) is 0 Å². The van der Waals surface area contributed by atoms with Crippen molar-refractivity contribution in [2.24, 2.45) is 5.92 Å². The Hall–Kier alpha value is -2.70. The first-order chi connectivity index (χ1) is 13.7. The quantitative estimate of drug-likeness (QED) is 0.648. The number of ether oxygens (including phenoxy) is 1. The Kier molecular flexibility index (Phi) is 4.18. The van der Waals surface area contributed by atoms with Gasteiger partial charge >= 0.3 is 5.97 Å². The van der Waals surface area contributed by atoms with E-state index in [4.69, 9.17) is 9.72 Å². The number of aromatic nitrogens is 4. The fraction of sp³-hybridized carbons (Fsp3) is 0.524. The van der Waals surface area contributed by atoms with Crippen LogP contribution < -0.4 is 4.90 Å². The van der Waals surface area contributed by atoms with E-state index >= 15 is 0 Å². The van der Waals surface area contributed by atoms with E-state index in [0.29, 0.717) is 19.1 Å². The van der Waals surface area contributed by atoms with Gasteiger partial charge in [-0.25, -0.2) is 9.38 Å². The summed E-state index contributed by atoms with van der Waals surface area (Å²) in [6, 6.07) is 6.25. The monoisotopic (exact) mass is 379 g/mol. The molecule has 1 aliphatic heterocycles. The van der Waals surface area contributed by atoms with Crippen LogP contribution in [0.5, 0.6) is 0 Å². The Morgan fingerprint density at radius 2 is 2.11 bits per heavy atom. The normalized spacial score (nSPS) is 20.1. The molecule has 28 heavy (non-hydrogen) atoms. The molecule has 1 unspecified atom stereocenters. The highest BCUT2D eigenvalue weighted by molar-refractivity contribution is 5.93. The van der Waals surface area contributed by atoms with Crippen LogP contribution in [0.3, 0.4) is 0 Å². The summed E-state index contributed by atoms with van der Waals surface area (Å²) >= 11 is 0. The third-order valence-electron chi connectivity index (χ3n) is 5.77. The summed E-state index contributed by atoms with van der Waals surface area (Å²) in [5.74, 6) is 2.10. The lowest BCUT2D eigenvalue weighted by atomic mass is 9.98. The smallest absolute Gasteiger partial charge is 0.310 e. The molecule has 0 radical (unpaired) electrons. The molecular formula is C21H25N5O2. The maximum absolute atomic E-state index is 12.3. The number of hydrogen-bond donors (Lipinski definition) is 0. The number of carbonyl (C=O) groups excluding carboxylic acids is 1. The van der Waals surface area contributed by atoms with Crippen molar-refractivity contribution in [3.63, 3.8) is 0 Å². The first kappa shape index (κ1) is 17.4. The van der Waals surface area contributed by atoms with Gasteiger partial charge in [0.15, 0.2) is 5.65 Å². The maximum atomic E-state index is 12.3. The summed E-state index contributed by atoms with van der Waals surface area (Å²) in [7, 11) is 0. The van der Waals surface area contributed by atoms with Gasteiger partial charge in [0.2, 0.25) is 5.95 Å². The largest absolute Gasteiger partial charge is 0.466 e. The van der Waals surface area contributed by atoms with Crippen LogP contribution in [0, 0.1) is 12.8 Å². The summed E-state index contributed by atoms with van der Waals surface area (Å²) in [6.45, 7) is 5.85. The van der Waals surface area contributed by atoms with Crippen LogP contribution in [0.15, 0.2) is 18.2 Å². The van der Waals surface area contributed by atoms with Crippen molar-refractivity contribution in [1.29, 1.82) is 0 Å². The molecule has 0 N–H and O–H groups in total. The fourth-order valence-electron chi connectivity index (χ4n) is 4.18. The van der Waals surface area contributed by atoms with Gasteiger partial charge < -0.3 is 9.64 Å². The van der Waals surface area contributed by atoms with Gasteiger partial charge in [-0.15, -0.1) is 10.2 Å². The second kappa shape index (κ2) is 6.72. The summed E-state index contributed by atoms with van der Waals surface area (Å²) in [4.78, 5) is 19.5. The van der Waals surface area contributed by atoms with Gasteiger partial charge in [-0.1, -0.05) is 11.6 Å². The molecule has 5 rings (SSSR count). The van der Waals surface area contributed by atoms with E-state index in [-0.39, 0.29) is 11.9 Å². The van der Waals surface area contributed by atoms with Crippen molar-refractivity contribution in [2.45, 2.75) is 45.4 Å². The lowest BCUT2D eigenvalue weighted by molar-refractivity contribution is -0.148. The van der Waals surface area contributed by atoms with Crippen molar-refractivity contribution in [1.82, 2.24) is 19.6 Å². The molecule has 2 aromatic heterocycles. The van der Waals surface area contributed by atoms with Crippen molar-refractivity contribution >= 4 is 28.5 Å². The van der Waals surface area contributed by atoms with Crippen molar-refractivity contribution in [2.75, 3.05) is 24.6 Å². The van der Waals surface area contributed by atoms with Crippen LogP contribution in [0.1, 0.15) is 49.9 Å². The fourth-order valence-corrected chi connectivity index (χ4v) is 4.18. The molecule has 1 atom stereocenters. The highest BCUT2D eigenvalue weighted by Crippen LogP contribution is 2.41. The Bertz CT molecular complexity index is 1060. The zero-order valence-electron chi connectivity index (χ0n) is 16.4. The first-order valence-electron chi connectivity index (χ1n) is 10.2. The molecule has 146 valence electrons. The van der Waals surface area contributed by atoms with Crippen LogP contribution in [0.25, 0.3) is 16.6 Å². The average molecular weight is 379 g/mol. The number of fused-ring (bicyclic) bond motifs is 3. The van der Waals surface area contributed by atoms with Gasteiger partial charge in [-0.3, -0.25) is 4.79 Å². The van der Waals surface area contributed by atoms with E-state index < -0.39 is 0 Å². The number of aryl methyl sites for hydroxylation is 1. The van der Waals surface area contributed by atoms with Crippen LogP contribution in [0.2, 0.25) is 0 Å². The lowest BCUT2D eigenvalue weighted by Gasteiger charge is -2.32. The number of anilines is 1.